The first-order valence-corrected chi connectivity index (χ1v) is 16.3. The molecule has 3 aliphatic heterocycles. The molecule has 0 saturated carbocycles. The second-order valence-corrected chi connectivity index (χ2v) is 13.2. The van der Waals surface area contributed by atoms with E-state index in [0.29, 0.717) is 0 Å². The van der Waals surface area contributed by atoms with E-state index >= 15 is 0 Å². The Morgan fingerprint density at radius 2 is 1.54 bits per heavy atom. The number of aliphatic hydroxyl groups is 1. The minimum absolute atomic E-state index is 0.0802. The molecule has 0 radical (unpaired) electrons. The Hall–Kier alpha value is -3.44. The van der Waals surface area contributed by atoms with Crippen LogP contribution in [0, 0.1) is 0 Å². The highest BCUT2D eigenvalue weighted by molar-refractivity contribution is 7.47. The number of aromatic nitrogens is 8. The predicted octanol–water partition coefficient (Wildman–Crippen LogP) is -1.69. The number of anilines is 2. The molecule has 10 unspecified atom stereocenters. The van der Waals surface area contributed by atoms with E-state index in [1.165, 1.54) is 24.3 Å². The largest absolute Gasteiger partial charge is 0.472 e. The number of phosphoric acid groups is 2. The number of ether oxygens (including phenoxy) is 3. The van der Waals surface area contributed by atoms with Gasteiger partial charge in [-0.1, -0.05) is 0 Å². The fourth-order valence-electron chi connectivity index (χ4n) is 5.53. The lowest BCUT2D eigenvalue weighted by Crippen LogP contribution is -2.37. The SMILES string of the molecule is COC1C2OP(=O)(O)OCC3OC(n4cnc5c(=O)[nH]c(N)nc54)C(OP(=O)(O)OCC2OC1n1cnc2c(N)ncnc21)C3O. The van der Waals surface area contributed by atoms with Crippen molar-refractivity contribution < 1.29 is 56.3 Å². The lowest BCUT2D eigenvalue weighted by molar-refractivity contribution is -0.0675. The van der Waals surface area contributed by atoms with Crippen molar-refractivity contribution in [3.05, 3.63) is 29.3 Å². The van der Waals surface area contributed by atoms with Crippen LogP contribution in [0.15, 0.2) is 23.8 Å². The van der Waals surface area contributed by atoms with Crippen LogP contribution in [0.25, 0.3) is 22.3 Å². The number of phosphoric ester groups is 2. The van der Waals surface area contributed by atoms with E-state index in [4.69, 9.17) is 43.8 Å². The van der Waals surface area contributed by atoms with E-state index in [2.05, 4.69) is 29.9 Å². The lowest BCUT2D eigenvalue weighted by Gasteiger charge is -2.26. The Kier molecular flexibility index (Phi) is 7.70. The summed E-state index contributed by atoms with van der Waals surface area (Å²) in [5.41, 5.74) is 11.1. The number of hydrogen-bond donors (Lipinski definition) is 6. The second kappa shape index (κ2) is 11.4. The van der Waals surface area contributed by atoms with Gasteiger partial charge in [0.25, 0.3) is 5.56 Å². The smallest absolute Gasteiger partial charge is 0.387 e. The molecule has 0 amide bonds. The average Bonchev–Trinajstić information content (AvgIpc) is 3.75. The van der Waals surface area contributed by atoms with Gasteiger partial charge in [0.05, 0.1) is 25.9 Å². The van der Waals surface area contributed by atoms with Crippen LogP contribution in [0.1, 0.15) is 12.5 Å². The molecule has 7 rings (SSSR count). The molecule has 0 aromatic carbocycles. The van der Waals surface area contributed by atoms with Crippen molar-refractivity contribution in [3.8, 4) is 0 Å². The molecule has 7 heterocycles. The Labute approximate surface area is 255 Å². The highest BCUT2D eigenvalue weighted by Crippen LogP contribution is 2.54. The van der Waals surface area contributed by atoms with Crippen LogP contribution < -0.4 is 17.0 Å². The standard InChI is InChI=1S/C21H26N10O13P2/c1-38-14-12-8(42-20(14)30-5-26-9-15(22)24-4-25-16(9)30)3-40-46(36,37)44-13-11(32)7(2-39-45(34,35)43-12)41-19(13)31-6-27-10-17(31)28-21(23)29-18(10)33/h4-8,11-14,19-20,32H,2-3H2,1H3,(H,34,35)(H,36,37)(H2,22,24,25)(H3,23,28,29,33). The zero-order valence-electron chi connectivity index (χ0n) is 23.4. The molecule has 0 aliphatic carbocycles. The van der Waals surface area contributed by atoms with Crippen molar-refractivity contribution in [1.29, 1.82) is 0 Å². The van der Waals surface area contributed by atoms with Crippen molar-refractivity contribution in [2.75, 3.05) is 31.8 Å². The zero-order valence-corrected chi connectivity index (χ0v) is 25.2. The summed E-state index contributed by atoms with van der Waals surface area (Å²) in [5, 5.41) is 11.1. The number of hydrogen-bond acceptors (Lipinski definition) is 18. The molecule has 3 saturated heterocycles. The summed E-state index contributed by atoms with van der Waals surface area (Å²) in [4.78, 5) is 56.3. The van der Waals surface area contributed by atoms with Gasteiger partial charge in [-0.3, -0.25) is 37.0 Å². The van der Waals surface area contributed by atoms with Gasteiger partial charge in [0, 0.05) is 7.11 Å². The maximum absolute atomic E-state index is 13.3. The summed E-state index contributed by atoms with van der Waals surface area (Å²) < 4.78 is 67.8. The molecule has 46 heavy (non-hydrogen) atoms. The molecule has 248 valence electrons. The molecule has 2 bridgehead atoms. The van der Waals surface area contributed by atoms with Gasteiger partial charge in [-0.2, -0.15) is 4.98 Å². The van der Waals surface area contributed by atoms with Crippen LogP contribution in [0.5, 0.6) is 0 Å². The third-order valence-electron chi connectivity index (χ3n) is 7.57. The monoisotopic (exact) mass is 688 g/mol. The van der Waals surface area contributed by atoms with Gasteiger partial charge in [0.1, 0.15) is 48.5 Å². The van der Waals surface area contributed by atoms with Crippen LogP contribution in [0.4, 0.5) is 11.8 Å². The minimum atomic E-state index is -5.08. The predicted molar refractivity (Wildman–Crippen MR) is 148 cm³/mol. The topological polar surface area (TPSA) is 319 Å². The molecule has 4 aromatic rings. The quantitative estimate of drug-likeness (QED) is 0.131. The number of nitrogens with two attached hydrogens (primary N) is 2. The van der Waals surface area contributed by atoms with Crippen LogP contribution in [0.2, 0.25) is 0 Å². The number of methoxy groups -OCH3 is 1. The summed E-state index contributed by atoms with van der Waals surface area (Å²) in [5.74, 6) is -0.193. The van der Waals surface area contributed by atoms with E-state index in [9.17, 15) is 28.8 Å². The van der Waals surface area contributed by atoms with Crippen molar-refractivity contribution >= 4 is 49.7 Å². The summed E-state index contributed by atoms with van der Waals surface area (Å²) in [7, 11) is -8.80. The van der Waals surface area contributed by atoms with Gasteiger partial charge >= 0.3 is 15.6 Å². The Morgan fingerprint density at radius 1 is 0.913 bits per heavy atom. The summed E-state index contributed by atoms with van der Waals surface area (Å²) >= 11 is 0. The summed E-state index contributed by atoms with van der Waals surface area (Å²) in [6, 6.07) is 0. The fourth-order valence-corrected chi connectivity index (χ4v) is 7.42. The van der Waals surface area contributed by atoms with Crippen LogP contribution in [-0.2, 0) is 41.4 Å². The Balaban J connectivity index is 1.22. The first-order valence-electron chi connectivity index (χ1n) is 13.3. The van der Waals surface area contributed by atoms with Gasteiger partial charge in [-0.15, -0.1) is 0 Å². The van der Waals surface area contributed by atoms with E-state index in [1.807, 2.05) is 0 Å². The number of nitrogens with zero attached hydrogens (tertiary/aromatic N) is 7. The van der Waals surface area contributed by atoms with Gasteiger partial charge < -0.3 is 40.6 Å². The molecule has 3 aliphatic rings. The van der Waals surface area contributed by atoms with E-state index < -0.39 is 83.5 Å². The highest BCUT2D eigenvalue weighted by atomic mass is 31.2. The van der Waals surface area contributed by atoms with Crippen molar-refractivity contribution in [2.45, 2.75) is 49.1 Å². The lowest BCUT2D eigenvalue weighted by atomic mass is 10.1. The maximum atomic E-state index is 13.3. The molecule has 25 heteroatoms. The number of nitrogen functional groups attached to an aromatic ring is 2. The number of aromatic amines is 1. The first kappa shape index (κ1) is 31.2. The Bertz CT molecular complexity index is 1950. The van der Waals surface area contributed by atoms with Gasteiger partial charge in [0.15, 0.2) is 35.1 Å². The summed E-state index contributed by atoms with van der Waals surface area (Å²) in [6.07, 6.45) is -7.79. The number of fused-ring (bicyclic) bond motifs is 5. The normalized spacial score (nSPS) is 37.1. The molecule has 8 N–H and O–H groups in total. The van der Waals surface area contributed by atoms with Gasteiger partial charge in [0.2, 0.25) is 5.95 Å². The molecule has 23 nitrogen and oxygen atoms in total. The molecule has 3 fully saturated rings. The Morgan fingerprint density at radius 3 is 2.26 bits per heavy atom. The third-order valence-corrected chi connectivity index (χ3v) is 9.54. The fraction of sp³-hybridized carbons (Fsp3) is 0.524. The van der Waals surface area contributed by atoms with Crippen molar-refractivity contribution in [1.82, 2.24) is 39.0 Å². The number of H-pyrrole nitrogens is 1. The average molecular weight is 688 g/mol. The molecular formula is C21H26N10O13P2. The highest BCUT2D eigenvalue weighted by Gasteiger charge is 2.54. The van der Waals surface area contributed by atoms with Gasteiger partial charge in [-0.25, -0.2) is 29.1 Å². The number of nitrogens with one attached hydrogen (secondary N) is 1. The summed E-state index contributed by atoms with van der Waals surface area (Å²) in [6.45, 7) is -1.52. The maximum Gasteiger partial charge on any atom is 0.472 e. The van der Waals surface area contributed by atoms with E-state index in [0.717, 1.165) is 10.9 Å². The van der Waals surface area contributed by atoms with Crippen LogP contribution in [0.3, 0.4) is 0 Å². The zero-order chi connectivity index (χ0) is 32.5. The van der Waals surface area contributed by atoms with Gasteiger partial charge in [-0.05, 0) is 0 Å². The van der Waals surface area contributed by atoms with E-state index in [1.54, 1.807) is 0 Å². The second-order valence-electron chi connectivity index (χ2n) is 10.3. The van der Waals surface area contributed by atoms with Crippen molar-refractivity contribution in [3.63, 3.8) is 0 Å². The number of imidazole rings is 2. The van der Waals surface area contributed by atoms with Crippen molar-refractivity contribution in [2.24, 2.45) is 0 Å². The third kappa shape index (κ3) is 5.39. The van der Waals surface area contributed by atoms with E-state index in [-0.39, 0.29) is 34.1 Å². The van der Waals surface area contributed by atoms with Crippen LogP contribution in [-0.4, -0.2) is 111 Å². The molecule has 0 spiro atoms. The molecular weight excluding hydrogens is 662 g/mol. The molecule has 4 aromatic heterocycles. The minimum Gasteiger partial charge on any atom is -0.387 e. The number of aliphatic hydroxyl groups excluding tert-OH is 1. The number of rotatable bonds is 3. The molecule has 10 atom stereocenters. The van der Waals surface area contributed by atoms with Crippen LogP contribution >= 0.6 is 15.6 Å². The first-order chi connectivity index (χ1) is 21.9.